The van der Waals surface area contributed by atoms with Crippen molar-refractivity contribution in [1.29, 1.82) is 0 Å². The summed E-state index contributed by atoms with van der Waals surface area (Å²) in [6.07, 6.45) is 6.62. The van der Waals surface area contributed by atoms with Crippen molar-refractivity contribution < 1.29 is 4.42 Å². The van der Waals surface area contributed by atoms with E-state index in [4.69, 9.17) is 4.42 Å². The van der Waals surface area contributed by atoms with Gasteiger partial charge in [0.2, 0.25) is 0 Å². The van der Waals surface area contributed by atoms with E-state index in [2.05, 4.69) is 32.2 Å². The van der Waals surface area contributed by atoms with Gasteiger partial charge in [0, 0.05) is 18.0 Å². The van der Waals surface area contributed by atoms with Gasteiger partial charge in [-0.25, -0.2) is 0 Å². The van der Waals surface area contributed by atoms with E-state index in [1.807, 2.05) is 6.26 Å². The molecule has 2 heteroatoms. The first-order chi connectivity index (χ1) is 7.62. The van der Waals surface area contributed by atoms with E-state index in [-0.39, 0.29) is 0 Å². The summed E-state index contributed by atoms with van der Waals surface area (Å²) in [5, 5.41) is 3.66. The lowest BCUT2D eigenvalue weighted by atomic mass is 9.75. The van der Waals surface area contributed by atoms with Crippen LogP contribution < -0.4 is 5.32 Å². The highest BCUT2D eigenvalue weighted by molar-refractivity contribution is 5.26. The van der Waals surface area contributed by atoms with Crippen molar-refractivity contribution in [2.45, 2.75) is 52.5 Å². The maximum Gasteiger partial charge on any atom is 0.109 e. The van der Waals surface area contributed by atoms with Gasteiger partial charge in [-0.1, -0.05) is 27.2 Å². The van der Waals surface area contributed by atoms with Crippen LogP contribution in [0.25, 0.3) is 0 Å². The van der Waals surface area contributed by atoms with Gasteiger partial charge in [0.15, 0.2) is 0 Å². The van der Waals surface area contributed by atoms with Crippen molar-refractivity contribution in [3.63, 3.8) is 0 Å². The maximum atomic E-state index is 5.59. The molecule has 90 valence electrons. The topological polar surface area (TPSA) is 25.2 Å². The third-order valence-corrected chi connectivity index (χ3v) is 3.47. The highest BCUT2D eigenvalue weighted by Gasteiger charge is 2.33. The number of hydrogen-bond acceptors (Lipinski definition) is 2. The van der Waals surface area contributed by atoms with Gasteiger partial charge in [0.05, 0.1) is 6.26 Å². The van der Waals surface area contributed by atoms with Gasteiger partial charge >= 0.3 is 0 Å². The van der Waals surface area contributed by atoms with Crippen molar-refractivity contribution in [3.8, 4) is 0 Å². The van der Waals surface area contributed by atoms with Gasteiger partial charge in [-0.15, -0.1) is 0 Å². The molecule has 1 aliphatic carbocycles. The van der Waals surface area contributed by atoms with E-state index in [1.54, 1.807) is 0 Å². The standard InChI is InChI=1S/C14H23NO/c1-4-5-7-15-12-9-14(2,3)10-13-11(12)6-8-16-13/h6,8,12,15H,4-5,7,9-10H2,1-3H3. The Morgan fingerprint density at radius 1 is 1.50 bits per heavy atom. The zero-order chi connectivity index (χ0) is 11.6. The van der Waals surface area contributed by atoms with Crippen LogP contribution in [0.2, 0.25) is 0 Å². The van der Waals surface area contributed by atoms with E-state index < -0.39 is 0 Å². The lowest BCUT2D eigenvalue weighted by Crippen LogP contribution is -2.33. The number of hydrogen-bond donors (Lipinski definition) is 1. The van der Waals surface area contributed by atoms with Crippen LogP contribution in [-0.2, 0) is 6.42 Å². The molecule has 1 aliphatic rings. The molecule has 1 unspecified atom stereocenters. The monoisotopic (exact) mass is 221 g/mol. The van der Waals surface area contributed by atoms with Crippen molar-refractivity contribution in [2.75, 3.05) is 6.54 Å². The van der Waals surface area contributed by atoms with Gasteiger partial charge in [0.25, 0.3) is 0 Å². The normalized spacial score (nSPS) is 23.1. The summed E-state index contributed by atoms with van der Waals surface area (Å²) in [5.41, 5.74) is 1.74. The molecule has 0 fully saturated rings. The quantitative estimate of drug-likeness (QED) is 0.784. The fraction of sp³-hybridized carbons (Fsp3) is 0.714. The van der Waals surface area contributed by atoms with Crippen molar-refractivity contribution >= 4 is 0 Å². The van der Waals surface area contributed by atoms with Crippen molar-refractivity contribution in [2.24, 2.45) is 5.41 Å². The Morgan fingerprint density at radius 3 is 3.06 bits per heavy atom. The molecule has 1 aromatic heterocycles. The molecule has 1 aromatic rings. The Balaban J connectivity index is 2.07. The molecule has 0 amide bonds. The van der Waals surface area contributed by atoms with Gasteiger partial charge in [-0.2, -0.15) is 0 Å². The fourth-order valence-corrected chi connectivity index (χ4v) is 2.61. The Labute approximate surface area is 98.4 Å². The van der Waals surface area contributed by atoms with Gasteiger partial charge < -0.3 is 9.73 Å². The molecular formula is C14H23NO. The van der Waals surface area contributed by atoms with Crippen LogP contribution in [0, 0.1) is 5.41 Å². The molecule has 0 bridgehead atoms. The molecule has 1 N–H and O–H groups in total. The second-order valence-electron chi connectivity index (χ2n) is 5.70. The Kier molecular flexibility index (Phi) is 3.38. The molecule has 2 nitrogen and oxygen atoms in total. The van der Waals surface area contributed by atoms with Crippen LogP contribution in [0.5, 0.6) is 0 Å². The van der Waals surface area contributed by atoms with E-state index in [1.165, 1.54) is 30.6 Å². The molecule has 0 aromatic carbocycles. The third-order valence-electron chi connectivity index (χ3n) is 3.47. The van der Waals surface area contributed by atoms with Gasteiger partial charge in [0.1, 0.15) is 5.76 Å². The molecule has 16 heavy (non-hydrogen) atoms. The summed E-state index contributed by atoms with van der Waals surface area (Å²) in [4.78, 5) is 0. The Hall–Kier alpha value is -0.760. The summed E-state index contributed by atoms with van der Waals surface area (Å²) in [7, 11) is 0. The number of fused-ring (bicyclic) bond motifs is 1. The number of furan rings is 1. The summed E-state index contributed by atoms with van der Waals surface area (Å²) in [5.74, 6) is 1.19. The summed E-state index contributed by atoms with van der Waals surface area (Å²) in [6, 6.07) is 2.62. The van der Waals surface area contributed by atoms with Gasteiger partial charge in [-0.05, 0) is 30.9 Å². The minimum atomic E-state index is 0.356. The smallest absolute Gasteiger partial charge is 0.109 e. The molecular weight excluding hydrogens is 198 g/mol. The van der Waals surface area contributed by atoms with Crippen LogP contribution in [0.1, 0.15) is 57.4 Å². The minimum Gasteiger partial charge on any atom is -0.469 e. The van der Waals surface area contributed by atoms with E-state index in [0.29, 0.717) is 11.5 Å². The maximum absolute atomic E-state index is 5.59. The number of unbranched alkanes of at least 4 members (excludes halogenated alkanes) is 1. The van der Waals surface area contributed by atoms with Crippen LogP contribution in [0.15, 0.2) is 16.7 Å². The van der Waals surface area contributed by atoms with Crippen molar-refractivity contribution in [1.82, 2.24) is 5.32 Å². The molecule has 0 spiro atoms. The molecule has 0 radical (unpaired) electrons. The molecule has 0 saturated carbocycles. The van der Waals surface area contributed by atoms with Crippen LogP contribution in [0.4, 0.5) is 0 Å². The number of rotatable bonds is 4. The summed E-state index contributed by atoms with van der Waals surface area (Å²) < 4.78 is 5.59. The third kappa shape index (κ3) is 2.49. The molecule has 2 rings (SSSR count). The summed E-state index contributed by atoms with van der Waals surface area (Å²) >= 11 is 0. The van der Waals surface area contributed by atoms with E-state index >= 15 is 0 Å². The first-order valence-corrected chi connectivity index (χ1v) is 6.42. The fourth-order valence-electron chi connectivity index (χ4n) is 2.61. The van der Waals surface area contributed by atoms with Crippen molar-refractivity contribution in [3.05, 3.63) is 23.7 Å². The zero-order valence-corrected chi connectivity index (χ0v) is 10.7. The largest absolute Gasteiger partial charge is 0.469 e. The van der Waals surface area contributed by atoms with Crippen LogP contribution >= 0.6 is 0 Å². The highest BCUT2D eigenvalue weighted by Crippen LogP contribution is 2.41. The second kappa shape index (κ2) is 4.62. The first kappa shape index (κ1) is 11.7. The molecule has 0 saturated heterocycles. The number of nitrogens with one attached hydrogen (secondary N) is 1. The molecule has 1 heterocycles. The average Bonchev–Trinajstić information content (AvgIpc) is 2.64. The average molecular weight is 221 g/mol. The highest BCUT2D eigenvalue weighted by atomic mass is 16.3. The molecule has 0 aliphatic heterocycles. The first-order valence-electron chi connectivity index (χ1n) is 6.42. The predicted molar refractivity (Wildman–Crippen MR) is 66.5 cm³/mol. The second-order valence-corrected chi connectivity index (χ2v) is 5.70. The van der Waals surface area contributed by atoms with Gasteiger partial charge in [-0.3, -0.25) is 0 Å². The Bertz CT molecular complexity index is 340. The molecule has 1 atom stereocenters. The van der Waals surface area contributed by atoms with E-state index in [9.17, 15) is 0 Å². The van der Waals surface area contributed by atoms with Crippen LogP contribution in [0.3, 0.4) is 0 Å². The minimum absolute atomic E-state index is 0.356. The summed E-state index contributed by atoms with van der Waals surface area (Å²) in [6.45, 7) is 8.00. The van der Waals surface area contributed by atoms with Crippen LogP contribution in [-0.4, -0.2) is 6.54 Å². The lowest BCUT2D eigenvalue weighted by Gasteiger charge is -2.34. The predicted octanol–water partition coefficient (Wildman–Crippen LogP) is 3.68. The zero-order valence-electron chi connectivity index (χ0n) is 10.7. The Morgan fingerprint density at radius 2 is 2.31 bits per heavy atom. The van der Waals surface area contributed by atoms with E-state index in [0.717, 1.165) is 13.0 Å². The lowest BCUT2D eigenvalue weighted by molar-refractivity contribution is 0.235. The SMILES string of the molecule is CCCCNC1CC(C)(C)Cc2occc21.